The van der Waals surface area contributed by atoms with Gasteiger partial charge in [-0.05, 0) is 50.3 Å². The Morgan fingerprint density at radius 1 is 1.41 bits per heavy atom. The van der Waals surface area contributed by atoms with Crippen molar-refractivity contribution in [3.8, 4) is 5.75 Å². The molecule has 0 amide bonds. The van der Waals surface area contributed by atoms with Crippen molar-refractivity contribution in [1.29, 1.82) is 0 Å². The standard InChI is InChI=1S/C15H23NO/c1-11-5-6-13(17-4)12(9-11)10-14(16-3)15(2)7-8-15/h5-6,9,14,16H,7-8,10H2,1-4H3. The molecule has 1 aliphatic rings. The van der Waals surface area contributed by atoms with Crippen LogP contribution in [0.3, 0.4) is 0 Å². The van der Waals surface area contributed by atoms with Crippen molar-refractivity contribution in [1.82, 2.24) is 5.32 Å². The maximum absolute atomic E-state index is 5.45. The van der Waals surface area contributed by atoms with Crippen molar-refractivity contribution in [3.63, 3.8) is 0 Å². The lowest BCUT2D eigenvalue weighted by Crippen LogP contribution is -2.35. The van der Waals surface area contributed by atoms with E-state index in [4.69, 9.17) is 4.74 Å². The number of rotatable bonds is 5. The summed E-state index contributed by atoms with van der Waals surface area (Å²) in [6, 6.07) is 6.98. The van der Waals surface area contributed by atoms with Gasteiger partial charge < -0.3 is 10.1 Å². The molecule has 2 nitrogen and oxygen atoms in total. The summed E-state index contributed by atoms with van der Waals surface area (Å²) in [4.78, 5) is 0. The normalized spacial score (nSPS) is 18.8. The summed E-state index contributed by atoms with van der Waals surface area (Å²) in [6.07, 6.45) is 3.73. The number of hydrogen-bond acceptors (Lipinski definition) is 2. The number of nitrogens with one attached hydrogen (secondary N) is 1. The van der Waals surface area contributed by atoms with Crippen LogP contribution in [-0.4, -0.2) is 20.2 Å². The Balaban J connectivity index is 2.18. The van der Waals surface area contributed by atoms with Gasteiger partial charge in [0.2, 0.25) is 0 Å². The minimum absolute atomic E-state index is 0.490. The first-order valence-corrected chi connectivity index (χ1v) is 6.40. The van der Waals surface area contributed by atoms with E-state index in [0.717, 1.165) is 12.2 Å². The second kappa shape index (κ2) is 4.69. The Bertz CT molecular complexity index is 396. The van der Waals surface area contributed by atoms with Crippen molar-refractivity contribution in [2.75, 3.05) is 14.2 Å². The molecule has 1 aromatic carbocycles. The lowest BCUT2D eigenvalue weighted by Gasteiger charge is -2.24. The Labute approximate surface area is 104 Å². The Kier molecular flexibility index (Phi) is 3.43. The van der Waals surface area contributed by atoms with Crippen LogP contribution in [0.1, 0.15) is 30.9 Å². The van der Waals surface area contributed by atoms with E-state index in [1.165, 1.54) is 24.0 Å². The molecule has 1 N–H and O–H groups in total. The number of ether oxygens (including phenoxy) is 1. The fourth-order valence-corrected chi connectivity index (χ4v) is 2.53. The first kappa shape index (κ1) is 12.4. The molecule has 17 heavy (non-hydrogen) atoms. The molecule has 0 bridgehead atoms. The second-order valence-electron chi connectivity index (χ2n) is 5.51. The topological polar surface area (TPSA) is 21.3 Å². The van der Waals surface area contributed by atoms with E-state index in [2.05, 4.69) is 44.4 Å². The number of benzene rings is 1. The van der Waals surface area contributed by atoms with E-state index >= 15 is 0 Å². The van der Waals surface area contributed by atoms with Gasteiger partial charge >= 0.3 is 0 Å². The molecular weight excluding hydrogens is 210 g/mol. The molecule has 1 unspecified atom stereocenters. The zero-order valence-electron chi connectivity index (χ0n) is 11.3. The predicted octanol–water partition coefficient (Wildman–Crippen LogP) is 2.93. The third-order valence-electron chi connectivity index (χ3n) is 4.09. The quantitative estimate of drug-likeness (QED) is 0.844. The summed E-state index contributed by atoms with van der Waals surface area (Å²) in [5.74, 6) is 1.01. The molecule has 2 rings (SSSR count). The number of hydrogen-bond donors (Lipinski definition) is 1. The smallest absolute Gasteiger partial charge is 0.122 e. The van der Waals surface area contributed by atoms with Gasteiger partial charge in [-0.25, -0.2) is 0 Å². The lowest BCUT2D eigenvalue weighted by atomic mass is 9.91. The molecule has 2 heteroatoms. The molecule has 0 heterocycles. The number of methoxy groups -OCH3 is 1. The summed E-state index contributed by atoms with van der Waals surface area (Å²) < 4.78 is 5.45. The van der Waals surface area contributed by atoms with Gasteiger partial charge in [0, 0.05) is 6.04 Å². The summed E-state index contributed by atoms with van der Waals surface area (Å²) in [5.41, 5.74) is 3.11. The van der Waals surface area contributed by atoms with Crippen LogP contribution in [0.2, 0.25) is 0 Å². The van der Waals surface area contributed by atoms with Gasteiger partial charge in [0.05, 0.1) is 7.11 Å². The van der Waals surface area contributed by atoms with Gasteiger partial charge in [-0.1, -0.05) is 24.6 Å². The summed E-state index contributed by atoms with van der Waals surface area (Å²) in [7, 11) is 3.82. The average Bonchev–Trinajstić information content (AvgIpc) is 3.05. The van der Waals surface area contributed by atoms with Crippen LogP contribution in [0.4, 0.5) is 0 Å². The van der Waals surface area contributed by atoms with Crippen LogP contribution in [0, 0.1) is 12.3 Å². The monoisotopic (exact) mass is 233 g/mol. The van der Waals surface area contributed by atoms with Crippen molar-refractivity contribution in [2.45, 2.75) is 39.2 Å². The molecule has 0 spiro atoms. The molecule has 0 radical (unpaired) electrons. The van der Waals surface area contributed by atoms with Crippen LogP contribution in [-0.2, 0) is 6.42 Å². The van der Waals surface area contributed by atoms with Crippen LogP contribution >= 0.6 is 0 Å². The molecule has 1 aliphatic carbocycles. The summed E-state index contributed by atoms with van der Waals surface area (Å²) in [5, 5.41) is 3.47. The summed E-state index contributed by atoms with van der Waals surface area (Å²) in [6.45, 7) is 4.51. The van der Waals surface area contributed by atoms with Crippen molar-refractivity contribution in [3.05, 3.63) is 29.3 Å². The zero-order chi connectivity index (χ0) is 12.5. The van der Waals surface area contributed by atoms with Gasteiger partial charge in [0.15, 0.2) is 0 Å². The average molecular weight is 233 g/mol. The van der Waals surface area contributed by atoms with Crippen LogP contribution in [0.25, 0.3) is 0 Å². The van der Waals surface area contributed by atoms with Crippen LogP contribution < -0.4 is 10.1 Å². The minimum Gasteiger partial charge on any atom is -0.496 e. The van der Waals surface area contributed by atoms with E-state index in [1.54, 1.807) is 7.11 Å². The Morgan fingerprint density at radius 2 is 2.12 bits per heavy atom. The van der Waals surface area contributed by atoms with E-state index in [-0.39, 0.29) is 0 Å². The molecule has 0 saturated heterocycles. The predicted molar refractivity (Wildman–Crippen MR) is 71.6 cm³/mol. The van der Waals surface area contributed by atoms with Crippen LogP contribution in [0.15, 0.2) is 18.2 Å². The van der Waals surface area contributed by atoms with Crippen molar-refractivity contribution >= 4 is 0 Å². The van der Waals surface area contributed by atoms with Crippen molar-refractivity contribution in [2.24, 2.45) is 5.41 Å². The highest BCUT2D eigenvalue weighted by Gasteiger charge is 2.44. The SMILES string of the molecule is CNC(Cc1cc(C)ccc1OC)C1(C)CC1. The van der Waals surface area contributed by atoms with E-state index in [9.17, 15) is 0 Å². The lowest BCUT2D eigenvalue weighted by molar-refractivity contribution is 0.364. The number of aryl methyl sites for hydroxylation is 1. The van der Waals surface area contributed by atoms with E-state index < -0.39 is 0 Å². The largest absolute Gasteiger partial charge is 0.496 e. The minimum atomic E-state index is 0.490. The second-order valence-corrected chi connectivity index (χ2v) is 5.51. The zero-order valence-corrected chi connectivity index (χ0v) is 11.3. The molecule has 94 valence electrons. The summed E-state index contributed by atoms with van der Waals surface area (Å²) >= 11 is 0. The molecule has 1 fully saturated rings. The highest BCUT2D eigenvalue weighted by atomic mass is 16.5. The fourth-order valence-electron chi connectivity index (χ4n) is 2.53. The molecule has 0 aliphatic heterocycles. The Morgan fingerprint density at radius 3 is 2.65 bits per heavy atom. The third-order valence-corrected chi connectivity index (χ3v) is 4.09. The van der Waals surface area contributed by atoms with Gasteiger partial charge in [0.1, 0.15) is 5.75 Å². The maximum Gasteiger partial charge on any atom is 0.122 e. The van der Waals surface area contributed by atoms with Crippen LogP contribution in [0.5, 0.6) is 5.75 Å². The highest BCUT2D eigenvalue weighted by molar-refractivity contribution is 5.37. The Hall–Kier alpha value is -1.02. The van der Waals surface area contributed by atoms with E-state index in [0.29, 0.717) is 11.5 Å². The van der Waals surface area contributed by atoms with E-state index in [1.807, 2.05) is 0 Å². The molecule has 1 saturated carbocycles. The van der Waals surface area contributed by atoms with Gasteiger partial charge in [-0.15, -0.1) is 0 Å². The molecule has 1 aromatic rings. The third kappa shape index (κ3) is 2.63. The maximum atomic E-state index is 5.45. The molecule has 0 aromatic heterocycles. The van der Waals surface area contributed by atoms with Gasteiger partial charge in [-0.3, -0.25) is 0 Å². The highest BCUT2D eigenvalue weighted by Crippen LogP contribution is 2.49. The molecule has 1 atom stereocenters. The number of likely N-dealkylation sites (N-methyl/N-ethyl adjacent to an activating group) is 1. The first-order valence-electron chi connectivity index (χ1n) is 6.40. The van der Waals surface area contributed by atoms with Crippen molar-refractivity contribution < 1.29 is 4.74 Å². The van der Waals surface area contributed by atoms with Gasteiger partial charge in [-0.2, -0.15) is 0 Å². The molecular formula is C15H23NO. The first-order chi connectivity index (χ1) is 8.09. The van der Waals surface area contributed by atoms with Gasteiger partial charge in [0.25, 0.3) is 0 Å². The fraction of sp³-hybridized carbons (Fsp3) is 0.600.